The first-order valence-corrected chi connectivity index (χ1v) is 4.88. The van der Waals surface area contributed by atoms with Crippen molar-refractivity contribution in [2.24, 2.45) is 10.9 Å². The second-order valence-corrected chi connectivity index (χ2v) is 3.39. The fourth-order valence-corrected chi connectivity index (χ4v) is 1.43. The Balaban J connectivity index is 2.29. The summed E-state index contributed by atoms with van der Waals surface area (Å²) in [5.41, 5.74) is 6.39. The van der Waals surface area contributed by atoms with E-state index in [-0.39, 0.29) is 0 Å². The lowest BCUT2D eigenvalue weighted by Gasteiger charge is -1.98. The van der Waals surface area contributed by atoms with Crippen molar-refractivity contribution in [1.82, 2.24) is 0 Å². The van der Waals surface area contributed by atoms with Crippen LogP contribution in [0.5, 0.6) is 0 Å². The van der Waals surface area contributed by atoms with Gasteiger partial charge in [0.1, 0.15) is 17.7 Å². The molecule has 5 nitrogen and oxygen atoms in total. The molecule has 0 aliphatic heterocycles. The van der Waals surface area contributed by atoms with Crippen LogP contribution in [0.1, 0.15) is 16.1 Å². The normalized spacial score (nSPS) is 10.8. The number of oxime groups is 1. The lowest BCUT2D eigenvalue weighted by molar-refractivity contribution is 0.100. The zero-order valence-corrected chi connectivity index (χ0v) is 8.83. The molecule has 5 heteroatoms. The standard InChI is InChI=1S/C12H10N2O3/c13-12(15)9-3-1-8(2-4-9)11-6-5-10(17-11)7-14-16/h1-7,16H,(H2,13,15)/b14-7+. The first-order valence-electron chi connectivity index (χ1n) is 4.88. The van der Waals surface area contributed by atoms with Gasteiger partial charge in [0.05, 0.1) is 0 Å². The SMILES string of the molecule is NC(=O)c1ccc(-c2ccc(/C=N/O)o2)cc1. The maximum atomic E-state index is 10.9. The third-order valence-corrected chi connectivity index (χ3v) is 2.27. The quantitative estimate of drug-likeness (QED) is 0.479. The minimum Gasteiger partial charge on any atom is -0.455 e. The summed E-state index contributed by atoms with van der Waals surface area (Å²) < 4.78 is 5.38. The molecule has 0 aliphatic rings. The Bertz CT molecular complexity index is 555. The summed E-state index contributed by atoms with van der Waals surface area (Å²) in [5, 5.41) is 11.2. The Morgan fingerprint density at radius 3 is 2.53 bits per heavy atom. The van der Waals surface area contributed by atoms with Gasteiger partial charge in [0.2, 0.25) is 5.91 Å². The Hall–Kier alpha value is -2.56. The third-order valence-electron chi connectivity index (χ3n) is 2.27. The van der Waals surface area contributed by atoms with Gasteiger partial charge >= 0.3 is 0 Å². The highest BCUT2D eigenvalue weighted by molar-refractivity contribution is 5.93. The van der Waals surface area contributed by atoms with Gasteiger partial charge in [-0.3, -0.25) is 4.79 Å². The smallest absolute Gasteiger partial charge is 0.248 e. The number of carbonyl (C=O) groups excluding carboxylic acids is 1. The Morgan fingerprint density at radius 2 is 1.94 bits per heavy atom. The minimum atomic E-state index is -0.468. The number of furan rings is 1. The van der Waals surface area contributed by atoms with Gasteiger partial charge in [-0.15, -0.1) is 0 Å². The molecule has 1 aromatic carbocycles. The summed E-state index contributed by atoms with van der Waals surface area (Å²) >= 11 is 0. The summed E-state index contributed by atoms with van der Waals surface area (Å²) in [6.07, 6.45) is 1.20. The van der Waals surface area contributed by atoms with Crippen LogP contribution in [0.3, 0.4) is 0 Å². The molecule has 0 radical (unpaired) electrons. The number of hydrogen-bond donors (Lipinski definition) is 2. The Morgan fingerprint density at radius 1 is 1.24 bits per heavy atom. The molecule has 1 amide bonds. The van der Waals surface area contributed by atoms with E-state index in [0.717, 1.165) is 5.56 Å². The molecule has 2 aromatic rings. The summed E-state index contributed by atoms with van der Waals surface area (Å²) in [6, 6.07) is 10.1. The number of carbonyl (C=O) groups is 1. The van der Waals surface area contributed by atoms with Crippen molar-refractivity contribution in [1.29, 1.82) is 0 Å². The molecule has 0 saturated carbocycles. The molecule has 0 fully saturated rings. The average Bonchev–Trinajstić information content (AvgIpc) is 2.78. The first kappa shape index (κ1) is 10.9. The Kier molecular flexibility index (Phi) is 2.91. The van der Waals surface area contributed by atoms with Crippen molar-refractivity contribution in [3.63, 3.8) is 0 Å². The van der Waals surface area contributed by atoms with Crippen LogP contribution in [-0.4, -0.2) is 17.3 Å². The van der Waals surface area contributed by atoms with Crippen molar-refractivity contribution in [3.8, 4) is 11.3 Å². The van der Waals surface area contributed by atoms with Gasteiger partial charge in [-0.1, -0.05) is 17.3 Å². The summed E-state index contributed by atoms with van der Waals surface area (Å²) in [7, 11) is 0. The van der Waals surface area contributed by atoms with Crippen LogP contribution in [0.2, 0.25) is 0 Å². The van der Waals surface area contributed by atoms with Crippen LogP contribution in [0, 0.1) is 0 Å². The van der Waals surface area contributed by atoms with Crippen LogP contribution in [0.4, 0.5) is 0 Å². The average molecular weight is 230 g/mol. The Labute approximate surface area is 97.2 Å². The summed E-state index contributed by atoms with van der Waals surface area (Å²) in [6.45, 7) is 0. The third kappa shape index (κ3) is 2.34. The molecular formula is C12H10N2O3. The number of rotatable bonds is 3. The zero-order valence-electron chi connectivity index (χ0n) is 8.83. The topological polar surface area (TPSA) is 88.8 Å². The van der Waals surface area contributed by atoms with Gasteiger partial charge in [-0.05, 0) is 24.3 Å². The van der Waals surface area contributed by atoms with E-state index in [1.54, 1.807) is 36.4 Å². The van der Waals surface area contributed by atoms with Crippen molar-refractivity contribution >= 4 is 12.1 Å². The number of amides is 1. The van der Waals surface area contributed by atoms with Crippen molar-refractivity contribution < 1.29 is 14.4 Å². The summed E-state index contributed by atoms with van der Waals surface area (Å²) in [5.74, 6) is 0.599. The molecule has 1 heterocycles. The van der Waals surface area contributed by atoms with E-state index in [4.69, 9.17) is 15.4 Å². The van der Waals surface area contributed by atoms with E-state index in [0.29, 0.717) is 17.1 Å². The molecule has 1 aromatic heterocycles. The maximum absolute atomic E-state index is 10.9. The van der Waals surface area contributed by atoms with Gasteiger partial charge < -0.3 is 15.4 Å². The van der Waals surface area contributed by atoms with Crippen molar-refractivity contribution in [2.45, 2.75) is 0 Å². The van der Waals surface area contributed by atoms with E-state index in [2.05, 4.69) is 5.16 Å². The van der Waals surface area contributed by atoms with Crippen molar-refractivity contribution in [3.05, 3.63) is 47.7 Å². The van der Waals surface area contributed by atoms with Crippen LogP contribution < -0.4 is 5.73 Å². The van der Waals surface area contributed by atoms with E-state index < -0.39 is 5.91 Å². The molecule has 0 spiro atoms. The molecule has 0 saturated heterocycles. The molecule has 3 N–H and O–H groups in total. The molecule has 86 valence electrons. The van der Waals surface area contributed by atoms with Gasteiger partial charge in [0.25, 0.3) is 0 Å². The van der Waals surface area contributed by atoms with E-state index >= 15 is 0 Å². The lowest BCUT2D eigenvalue weighted by Crippen LogP contribution is -2.10. The molecule has 17 heavy (non-hydrogen) atoms. The molecule has 0 bridgehead atoms. The van der Waals surface area contributed by atoms with Crippen LogP contribution in [-0.2, 0) is 0 Å². The highest BCUT2D eigenvalue weighted by Crippen LogP contribution is 2.21. The lowest BCUT2D eigenvalue weighted by atomic mass is 10.1. The zero-order chi connectivity index (χ0) is 12.3. The van der Waals surface area contributed by atoms with E-state index in [1.807, 2.05) is 0 Å². The fraction of sp³-hybridized carbons (Fsp3) is 0. The molecule has 0 aliphatic carbocycles. The van der Waals surface area contributed by atoms with Crippen molar-refractivity contribution in [2.75, 3.05) is 0 Å². The second kappa shape index (κ2) is 4.52. The van der Waals surface area contributed by atoms with Crippen LogP contribution >= 0.6 is 0 Å². The fourth-order valence-electron chi connectivity index (χ4n) is 1.43. The predicted octanol–water partition coefficient (Wildman–Crippen LogP) is 1.85. The molecule has 0 atom stereocenters. The van der Waals surface area contributed by atoms with Gasteiger partial charge in [0.15, 0.2) is 0 Å². The second-order valence-electron chi connectivity index (χ2n) is 3.39. The number of benzene rings is 1. The highest BCUT2D eigenvalue weighted by Gasteiger charge is 2.05. The largest absolute Gasteiger partial charge is 0.455 e. The van der Waals surface area contributed by atoms with Gasteiger partial charge in [-0.2, -0.15) is 0 Å². The number of primary amides is 1. The number of hydrogen-bond acceptors (Lipinski definition) is 4. The number of nitrogens with two attached hydrogens (primary N) is 1. The first-order chi connectivity index (χ1) is 8.20. The predicted molar refractivity (Wildman–Crippen MR) is 62.0 cm³/mol. The molecule has 0 unspecified atom stereocenters. The maximum Gasteiger partial charge on any atom is 0.248 e. The summed E-state index contributed by atoms with van der Waals surface area (Å²) in [4.78, 5) is 10.9. The minimum absolute atomic E-state index is 0.442. The van der Waals surface area contributed by atoms with Gasteiger partial charge in [0, 0.05) is 11.1 Å². The van der Waals surface area contributed by atoms with Crippen LogP contribution in [0.25, 0.3) is 11.3 Å². The monoisotopic (exact) mass is 230 g/mol. The van der Waals surface area contributed by atoms with Gasteiger partial charge in [-0.25, -0.2) is 0 Å². The van der Waals surface area contributed by atoms with E-state index in [1.165, 1.54) is 6.21 Å². The van der Waals surface area contributed by atoms with E-state index in [9.17, 15) is 4.79 Å². The molecular weight excluding hydrogens is 220 g/mol. The molecule has 2 rings (SSSR count). The van der Waals surface area contributed by atoms with Crippen LogP contribution in [0.15, 0.2) is 46.0 Å². The number of nitrogens with zero attached hydrogens (tertiary/aromatic N) is 1. The highest BCUT2D eigenvalue weighted by atomic mass is 16.4.